The molecule has 3 heteroatoms. The molecule has 0 aromatic carbocycles. The molecule has 1 aliphatic heterocycles. The van der Waals surface area contributed by atoms with Gasteiger partial charge in [-0.3, -0.25) is 4.79 Å². The second kappa shape index (κ2) is 4.35. The lowest BCUT2D eigenvalue weighted by atomic mass is 10.1. The Hall–Kier alpha value is -1.49. The second-order valence-electron chi connectivity index (χ2n) is 3.98. The summed E-state index contributed by atoms with van der Waals surface area (Å²) in [6.45, 7) is 1.52. The molecule has 1 atom stereocenters. The van der Waals surface area contributed by atoms with Crippen LogP contribution in [0.2, 0.25) is 0 Å². The van der Waals surface area contributed by atoms with Crippen molar-refractivity contribution in [2.24, 2.45) is 5.73 Å². The van der Waals surface area contributed by atoms with Crippen molar-refractivity contribution in [3.8, 4) is 0 Å². The first kappa shape index (κ1) is 10.0. The lowest BCUT2D eigenvalue weighted by molar-refractivity contribution is -0.131. The van der Waals surface area contributed by atoms with Crippen molar-refractivity contribution in [1.29, 1.82) is 0 Å². The van der Waals surface area contributed by atoms with Gasteiger partial charge in [0, 0.05) is 30.8 Å². The largest absolute Gasteiger partial charge is 0.341 e. The van der Waals surface area contributed by atoms with Gasteiger partial charge in [0.15, 0.2) is 0 Å². The Balaban J connectivity index is 1.90. The number of nitrogens with two attached hydrogens (primary N) is 1. The molecule has 0 aromatic heterocycles. The number of nitrogens with zero attached hydrogens (tertiary/aromatic N) is 1. The number of allylic oxidation sites excluding steroid dienone is 1. The molecule has 1 fully saturated rings. The zero-order valence-electron chi connectivity index (χ0n) is 8.62. The van der Waals surface area contributed by atoms with Gasteiger partial charge < -0.3 is 10.6 Å². The summed E-state index contributed by atoms with van der Waals surface area (Å²) in [5.74, 6) is 0.134. The molecule has 1 amide bonds. The summed E-state index contributed by atoms with van der Waals surface area (Å²) in [6, 6.07) is 0.143. The number of carbonyl (C=O) groups excluding carboxylic acids is 1. The van der Waals surface area contributed by atoms with Crippen LogP contribution in [-0.2, 0) is 4.79 Å². The molecular formula is C12H14N2O. The fourth-order valence-electron chi connectivity index (χ4n) is 1.88. The molecule has 0 spiro atoms. The summed E-state index contributed by atoms with van der Waals surface area (Å²) >= 11 is 0. The molecule has 1 heterocycles. The summed E-state index contributed by atoms with van der Waals surface area (Å²) in [7, 11) is 0. The van der Waals surface area contributed by atoms with Crippen LogP contribution in [0.4, 0.5) is 0 Å². The normalized spacial score (nSPS) is 23.4. The van der Waals surface area contributed by atoms with Crippen molar-refractivity contribution >= 4 is 5.91 Å². The first-order valence-corrected chi connectivity index (χ1v) is 5.24. The van der Waals surface area contributed by atoms with Crippen molar-refractivity contribution < 1.29 is 4.79 Å². The number of hydrogen-bond donors (Lipinski definition) is 1. The van der Waals surface area contributed by atoms with E-state index in [9.17, 15) is 4.79 Å². The second-order valence-corrected chi connectivity index (χ2v) is 3.98. The quantitative estimate of drug-likeness (QED) is 0.671. The Morgan fingerprint density at radius 3 is 3.20 bits per heavy atom. The fourth-order valence-corrected chi connectivity index (χ4v) is 1.88. The lowest BCUT2D eigenvalue weighted by Gasteiger charge is -2.30. The van der Waals surface area contributed by atoms with Crippen LogP contribution in [0.25, 0.3) is 0 Å². The highest BCUT2D eigenvalue weighted by Crippen LogP contribution is 2.12. The summed E-state index contributed by atoms with van der Waals surface area (Å²) in [5.41, 5.74) is 15.0. The van der Waals surface area contributed by atoms with Gasteiger partial charge in [0.2, 0.25) is 5.91 Å². The molecule has 3 nitrogen and oxygen atoms in total. The van der Waals surface area contributed by atoms with Crippen LogP contribution in [0.15, 0.2) is 28.8 Å². The van der Waals surface area contributed by atoms with E-state index in [4.69, 9.17) is 5.73 Å². The maximum atomic E-state index is 11.8. The standard InChI is InChI=1S/C12H14N2O/c13-11-6-3-7-14(9-11)12(15)8-10-4-1-2-5-10/h4,11H,3,6-9,13H2. The monoisotopic (exact) mass is 202 g/mol. The van der Waals surface area contributed by atoms with Gasteiger partial charge in [0.05, 0.1) is 6.42 Å². The highest BCUT2D eigenvalue weighted by molar-refractivity contribution is 5.79. The van der Waals surface area contributed by atoms with E-state index >= 15 is 0 Å². The third kappa shape index (κ3) is 2.50. The molecule has 2 aliphatic rings. The van der Waals surface area contributed by atoms with Gasteiger partial charge in [0.1, 0.15) is 0 Å². The summed E-state index contributed by atoms with van der Waals surface area (Å²) < 4.78 is 0. The van der Waals surface area contributed by atoms with E-state index in [1.807, 2.05) is 4.90 Å². The third-order valence-electron chi connectivity index (χ3n) is 2.69. The highest BCUT2D eigenvalue weighted by atomic mass is 16.2. The molecule has 0 saturated carbocycles. The van der Waals surface area contributed by atoms with E-state index in [1.165, 1.54) is 0 Å². The summed E-state index contributed by atoms with van der Waals surface area (Å²) in [6.07, 6.45) is 4.18. The number of amides is 1. The Morgan fingerprint density at radius 2 is 2.53 bits per heavy atom. The van der Waals surface area contributed by atoms with Crippen molar-refractivity contribution in [3.63, 3.8) is 0 Å². The highest BCUT2D eigenvalue weighted by Gasteiger charge is 2.21. The fraction of sp³-hybridized carbons (Fsp3) is 0.500. The summed E-state index contributed by atoms with van der Waals surface area (Å²) in [5, 5.41) is 0. The van der Waals surface area contributed by atoms with E-state index in [2.05, 4.69) is 17.2 Å². The number of piperidine rings is 1. The van der Waals surface area contributed by atoms with Crippen molar-refractivity contribution in [2.75, 3.05) is 13.1 Å². The molecule has 1 unspecified atom stereocenters. The molecule has 2 N–H and O–H groups in total. The van der Waals surface area contributed by atoms with Crippen LogP contribution in [0.1, 0.15) is 19.3 Å². The Morgan fingerprint density at radius 1 is 1.67 bits per heavy atom. The lowest BCUT2D eigenvalue weighted by Crippen LogP contribution is -2.45. The van der Waals surface area contributed by atoms with E-state index in [-0.39, 0.29) is 11.9 Å². The molecule has 0 aromatic rings. The number of carbonyl (C=O) groups is 1. The molecule has 1 saturated heterocycles. The SMILES string of the molecule is NC1CCCN(C(=O)CC2=C=C=C=C2)C1. The van der Waals surface area contributed by atoms with E-state index in [0.29, 0.717) is 13.0 Å². The number of hydrogen-bond acceptors (Lipinski definition) is 2. The Kier molecular flexibility index (Phi) is 2.91. The van der Waals surface area contributed by atoms with Crippen LogP contribution < -0.4 is 5.73 Å². The number of rotatable bonds is 2. The van der Waals surface area contributed by atoms with Gasteiger partial charge in [0.25, 0.3) is 0 Å². The van der Waals surface area contributed by atoms with Crippen molar-refractivity contribution in [2.45, 2.75) is 25.3 Å². The van der Waals surface area contributed by atoms with E-state index < -0.39 is 0 Å². The molecule has 0 radical (unpaired) electrons. The minimum Gasteiger partial charge on any atom is -0.341 e. The molecule has 15 heavy (non-hydrogen) atoms. The minimum absolute atomic E-state index is 0.134. The van der Waals surface area contributed by atoms with Gasteiger partial charge in [-0.2, -0.15) is 0 Å². The first-order valence-electron chi connectivity index (χ1n) is 5.24. The van der Waals surface area contributed by atoms with Crippen molar-refractivity contribution in [3.05, 3.63) is 28.8 Å². The summed E-state index contributed by atoms with van der Waals surface area (Å²) in [4.78, 5) is 13.7. The van der Waals surface area contributed by atoms with Crippen LogP contribution in [0.5, 0.6) is 0 Å². The van der Waals surface area contributed by atoms with Crippen LogP contribution >= 0.6 is 0 Å². The zero-order chi connectivity index (χ0) is 10.7. The predicted octanol–water partition coefficient (Wildman–Crippen LogP) is 0.732. The first-order chi connectivity index (χ1) is 7.25. The van der Waals surface area contributed by atoms with Gasteiger partial charge >= 0.3 is 0 Å². The maximum absolute atomic E-state index is 11.8. The Bertz CT molecular complexity index is 405. The number of likely N-dealkylation sites (tertiary alicyclic amines) is 1. The smallest absolute Gasteiger partial charge is 0.227 e. The molecule has 78 valence electrons. The molecule has 1 aliphatic carbocycles. The topological polar surface area (TPSA) is 46.3 Å². The van der Waals surface area contributed by atoms with Gasteiger partial charge in [-0.15, -0.1) is 0 Å². The molecule has 0 bridgehead atoms. The Labute approximate surface area is 89.2 Å². The van der Waals surface area contributed by atoms with Crippen LogP contribution in [-0.4, -0.2) is 29.9 Å². The predicted molar refractivity (Wildman–Crippen MR) is 57.0 cm³/mol. The average Bonchev–Trinajstić information content (AvgIpc) is 2.70. The van der Waals surface area contributed by atoms with Crippen LogP contribution in [0, 0.1) is 0 Å². The maximum Gasteiger partial charge on any atom is 0.227 e. The zero-order valence-corrected chi connectivity index (χ0v) is 8.62. The average molecular weight is 202 g/mol. The van der Waals surface area contributed by atoms with E-state index in [1.54, 1.807) is 6.08 Å². The third-order valence-corrected chi connectivity index (χ3v) is 2.69. The van der Waals surface area contributed by atoms with Crippen molar-refractivity contribution in [1.82, 2.24) is 4.90 Å². The van der Waals surface area contributed by atoms with Gasteiger partial charge in [-0.05, 0) is 18.6 Å². The molecule has 2 rings (SSSR count). The minimum atomic E-state index is 0.134. The van der Waals surface area contributed by atoms with Gasteiger partial charge in [-0.1, -0.05) is 11.5 Å². The molecular weight excluding hydrogens is 188 g/mol. The van der Waals surface area contributed by atoms with Crippen LogP contribution in [0.3, 0.4) is 0 Å². The van der Waals surface area contributed by atoms with Gasteiger partial charge in [-0.25, -0.2) is 0 Å². The van der Waals surface area contributed by atoms with E-state index in [0.717, 1.165) is 25.0 Å².